The van der Waals surface area contributed by atoms with Crippen LogP contribution in [0.4, 0.5) is 0 Å². The van der Waals surface area contributed by atoms with Crippen LogP contribution < -0.4 is 0 Å². The Hall–Kier alpha value is -0.730. The summed E-state index contributed by atoms with van der Waals surface area (Å²) in [5.41, 5.74) is 3.50. The van der Waals surface area contributed by atoms with Gasteiger partial charge < -0.3 is 4.42 Å². The molecule has 1 aromatic carbocycles. The average molecular weight is 328 g/mol. The molecular formula is C15H16BrClO. The molecule has 0 saturated heterocycles. The Morgan fingerprint density at radius 1 is 1.11 bits per heavy atom. The van der Waals surface area contributed by atoms with Crippen LogP contribution in [0, 0.1) is 0 Å². The zero-order valence-corrected chi connectivity index (χ0v) is 13.0. The van der Waals surface area contributed by atoms with Crippen molar-refractivity contribution in [2.75, 3.05) is 0 Å². The number of halogens is 2. The lowest BCUT2D eigenvalue weighted by molar-refractivity contribution is 0.537. The van der Waals surface area contributed by atoms with Crippen molar-refractivity contribution >= 4 is 27.5 Å². The molecule has 0 spiro atoms. The molecule has 2 rings (SSSR count). The Morgan fingerprint density at radius 3 is 2.17 bits per heavy atom. The van der Waals surface area contributed by atoms with Crippen LogP contribution >= 0.6 is 27.5 Å². The van der Waals surface area contributed by atoms with Gasteiger partial charge in [-0.15, -0.1) is 11.6 Å². The van der Waals surface area contributed by atoms with Crippen molar-refractivity contribution in [2.45, 2.75) is 31.6 Å². The molecule has 0 fully saturated rings. The molecule has 2 aromatic rings. The van der Waals surface area contributed by atoms with E-state index in [1.54, 1.807) is 6.26 Å². The van der Waals surface area contributed by atoms with E-state index < -0.39 is 0 Å². The minimum absolute atomic E-state index is 0.163. The highest BCUT2D eigenvalue weighted by Crippen LogP contribution is 2.35. The van der Waals surface area contributed by atoms with E-state index in [0.29, 0.717) is 4.67 Å². The lowest BCUT2D eigenvalue weighted by Gasteiger charge is -2.19. The molecule has 0 aliphatic rings. The van der Waals surface area contributed by atoms with Gasteiger partial charge >= 0.3 is 0 Å². The summed E-state index contributed by atoms with van der Waals surface area (Å²) in [6, 6.07) is 10.3. The summed E-state index contributed by atoms with van der Waals surface area (Å²) in [7, 11) is 0. The molecule has 96 valence electrons. The summed E-state index contributed by atoms with van der Waals surface area (Å²) in [6.45, 7) is 6.60. The lowest BCUT2D eigenvalue weighted by atomic mass is 9.86. The number of benzene rings is 1. The molecule has 0 aliphatic heterocycles. The van der Waals surface area contributed by atoms with Crippen LogP contribution in [0.15, 0.2) is 45.7 Å². The Balaban J connectivity index is 2.28. The van der Waals surface area contributed by atoms with E-state index in [4.69, 9.17) is 16.0 Å². The second kappa shape index (κ2) is 5.10. The van der Waals surface area contributed by atoms with Crippen LogP contribution in [0.1, 0.15) is 42.8 Å². The van der Waals surface area contributed by atoms with Crippen molar-refractivity contribution in [3.8, 4) is 0 Å². The third kappa shape index (κ3) is 2.81. The van der Waals surface area contributed by atoms with Gasteiger partial charge in [-0.25, -0.2) is 0 Å². The highest BCUT2D eigenvalue weighted by atomic mass is 79.9. The summed E-state index contributed by atoms with van der Waals surface area (Å²) in [5.74, 6) is 0. The molecule has 1 atom stereocenters. The van der Waals surface area contributed by atoms with E-state index in [1.807, 2.05) is 6.07 Å². The Kier molecular flexibility index (Phi) is 3.88. The van der Waals surface area contributed by atoms with Crippen molar-refractivity contribution < 1.29 is 4.42 Å². The molecule has 0 amide bonds. The highest BCUT2D eigenvalue weighted by molar-refractivity contribution is 9.10. The second-order valence-corrected chi connectivity index (χ2v) is 6.54. The van der Waals surface area contributed by atoms with Crippen molar-refractivity contribution in [3.05, 3.63) is 58.0 Å². The maximum Gasteiger partial charge on any atom is 0.173 e. The van der Waals surface area contributed by atoms with E-state index in [2.05, 4.69) is 61.0 Å². The Morgan fingerprint density at radius 2 is 1.72 bits per heavy atom. The fourth-order valence-corrected chi connectivity index (χ4v) is 2.73. The molecule has 3 heteroatoms. The molecule has 1 aromatic heterocycles. The van der Waals surface area contributed by atoms with E-state index in [0.717, 1.165) is 11.1 Å². The van der Waals surface area contributed by atoms with Gasteiger partial charge in [-0.2, -0.15) is 0 Å². The van der Waals surface area contributed by atoms with Gasteiger partial charge in [0.1, 0.15) is 0 Å². The third-order valence-corrected chi connectivity index (χ3v) is 4.12. The Bertz CT molecular complexity index is 522. The largest absolute Gasteiger partial charge is 0.457 e. The number of hydrogen-bond acceptors (Lipinski definition) is 1. The zero-order chi connectivity index (χ0) is 13.3. The van der Waals surface area contributed by atoms with E-state index in [9.17, 15) is 0 Å². The number of alkyl halides is 1. The maximum absolute atomic E-state index is 6.45. The van der Waals surface area contributed by atoms with Gasteiger partial charge in [0.25, 0.3) is 0 Å². The van der Waals surface area contributed by atoms with Crippen LogP contribution in [0.2, 0.25) is 0 Å². The first-order valence-corrected chi connectivity index (χ1v) is 7.10. The third-order valence-electron chi connectivity index (χ3n) is 2.99. The van der Waals surface area contributed by atoms with Crippen molar-refractivity contribution in [3.63, 3.8) is 0 Å². The van der Waals surface area contributed by atoms with Crippen molar-refractivity contribution in [1.82, 2.24) is 0 Å². The number of furan rings is 1. The predicted octanol–water partition coefficient (Wildman–Crippen LogP) is 5.67. The number of hydrogen-bond donors (Lipinski definition) is 0. The molecule has 1 nitrogen and oxygen atoms in total. The van der Waals surface area contributed by atoms with Crippen LogP contribution in [0.25, 0.3) is 0 Å². The van der Waals surface area contributed by atoms with Crippen molar-refractivity contribution in [1.29, 1.82) is 0 Å². The van der Waals surface area contributed by atoms with Gasteiger partial charge in [0.2, 0.25) is 0 Å². The zero-order valence-electron chi connectivity index (χ0n) is 10.7. The number of rotatable bonds is 2. The molecule has 0 N–H and O–H groups in total. The topological polar surface area (TPSA) is 13.1 Å². The summed E-state index contributed by atoms with van der Waals surface area (Å²) < 4.78 is 5.91. The molecule has 0 saturated carbocycles. The molecule has 0 aliphatic carbocycles. The highest BCUT2D eigenvalue weighted by Gasteiger charge is 2.18. The van der Waals surface area contributed by atoms with Gasteiger partial charge in [-0.1, -0.05) is 45.0 Å². The molecule has 0 radical (unpaired) electrons. The summed E-state index contributed by atoms with van der Waals surface area (Å²) in [6.07, 6.45) is 1.64. The first kappa shape index (κ1) is 13.7. The van der Waals surface area contributed by atoms with Crippen molar-refractivity contribution in [2.24, 2.45) is 0 Å². The fraction of sp³-hybridized carbons (Fsp3) is 0.333. The molecular weight excluding hydrogens is 312 g/mol. The summed E-state index contributed by atoms with van der Waals surface area (Å²) in [5, 5.41) is -0.188. The lowest BCUT2D eigenvalue weighted by Crippen LogP contribution is -2.10. The smallest absolute Gasteiger partial charge is 0.173 e. The normalized spacial score (nSPS) is 13.6. The predicted molar refractivity (Wildman–Crippen MR) is 79.2 cm³/mol. The fourth-order valence-electron chi connectivity index (χ4n) is 1.82. The quantitative estimate of drug-likeness (QED) is 0.648. The molecule has 0 bridgehead atoms. The molecule has 1 unspecified atom stereocenters. The average Bonchev–Trinajstić information content (AvgIpc) is 2.73. The van der Waals surface area contributed by atoms with Gasteiger partial charge in [-0.3, -0.25) is 0 Å². The summed E-state index contributed by atoms with van der Waals surface area (Å²) in [4.78, 5) is 0. The first-order chi connectivity index (χ1) is 8.39. The summed E-state index contributed by atoms with van der Waals surface area (Å²) >= 11 is 9.81. The maximum atomic E-state index is 6.45. The Labute approximate surface area is 121 Å². The SMILES string of the molecule is CC(C)(C)c1ccc(C(Cl)c2ccoc2Br)cc1. The van der Waals surface area contributed by atoms with Gasteiger partial charge in [0.15, 0.2) is 4.67 Å². The van der Waals surface area contributed by atoms with Crippen LogP contribution in [-0.4, -0.2) is 0 Å². The van der Waals surface area contributed by atoms with Gasteiger partial charge in [-0.05, 0) is 38.5 Å². The molecule has 1 heterocycles. The minimum atomic E-state index is -0.188. The standard InChI is InChI=1S/C15H16BrClO/c1-15(2,3)11-6-4-10(5-7-11)13(17)12-8-9-18-14(12)16/h4-9,13H,1-3H3. The van der Waals surface area contributed by atoms with Crippen LogP contribution in [0.3, 0.4) is 0 Å². The van der Waals surface area contributed by atoms with E-state index >= 15 is 0 Å². The van der Waals surface area contributed by atoms with Crippen LogP contribution in [-0.2, 0) is 5.41 Å². The van der Waals surface area contributed by atoms with E-state index in [-0.39, 0.29) is 10.8 Å². The van der Waals surface area contributed by atoms with Gasteiger partial charge in [0.05, 0.1) is 11.6 Å². The second-order valence-electron chi connectivity index (χ2n) is 5.38. The molecule has 18 heavy (non-hydrogen) atoms. The first-order valence-electron chi connectivity index (χ1n) is 5.87. The minimum Gasteiger partial charge on any atom is -0.457 e. The van der Waals surface area contributed by atoms with Gasteiger partial charge in [0, 0.05) is 5.56 Å². The monoisotopic (exact) mass is 326 g/mol. The van der Waals surface area contributed by atoms with E-state index in [1.165, 1.54) is 5.56 Å². The van der Waals surface area contributed by atoms with Crippen LogP contribution in [0.5, 0.6) is 0 Å².